The highest BCUT2D eigenvalue weighted by molar-refractivity contribution is 7.46. The summed E-state index contributed by atoms with van der Waals surface area (Å²) < 4.78 is 28.9. The Kier molecular flexibility index (Phi) is 3.75. The Bertz CT molecular complexity index is 416. The van der Waals surface area contributed by atoms with Gasteiger partial charge in [0.05, 0.1) is 0 Å². The van der Waals surface area contributed by atoms with Gasteiger partial charge in [-0.1, -0.05) is 12.1 Å². The molecule has 10 heteroatoms. The van der Waals surface area contributed by atoms with Gasteiger partial charge >= 0.3 is 7.82 Å². The van der Waals surface area contributed by atoms with E-state index in [1.807, 2.05) is 0 Å². The fraction of sp³-hybridized carbons (Fsp3) is 0. The molecule has 0 fully saturated rings. The summed E-state index contributed by atoms with van der Waals surface area (Å²) in [7, 11) is -10.2. The first-order valence-electron chi connectivity index (χ1n) is 3.73. The van der Waals surface area contributed by atoms with Crippen LogP contribution < -0.4 is 18.8 Å². The molecule has 90 valence electrons. The first-order valence-corrected chi connectivity index (χ1v) is 6.72. The molecule has 1 aromatic rings. The maximum atomic E-state index is 10.5. The fourth-order valence-corrected chi connectivity index (χ4v) is 1.65. The molecule has 0 radical (unpaired) electrons. The molecule has 0 unspecified atom stereocenters. The highest BCUT2D eigenvalue weighted by atomic mass is 31.2. The monoisotopic (exact) mass is 268 g/mol. The van der Waals surface area contributed by atoms with Crippen molar-refractivity contribution >= 4 is 15.6 Å². The molecular weight excluding hydrogens is 262 g/mol. The molecule has 0 aliphatic rings. The minimum atomic E-state index is -5.31. The number of para-hydroxylation sites is 2. The zero-order valence-corrected chi connectivity index (χ0v) is 9.34. The van der Waals surface area contributed by atoms with Gasteiger partial charge in [-0.3, -0.25) is 9.79 Å². The van der Waals surface area contributed by atoms with Crippen LogP contribution >= 0.6 is 15.6 Å². The molecule has 8 nitrogen and oxygen atoms in total. The lowest BCUT2D eigenvalue weighted by Gasteiger charge is -2.29. The summed E-state index contributed by atoms with van der Waals surface area (Å²) in [6.45, 7) is 0. The molecule has 0 aliphatic heterocycles. The van der Waals surface area contributed by atoms with Crippen molar-refractivity contribution < 1.29 is 37.8 Å². The smallest absolute Gasteiger partial charge is 0.524 e. The highest BCUT2D eigenvalue weighted by Crippen LogP contribution is 2.44. The van der Waals surface area contributed by atoms with Crippen molar-refractivity contribution in [1.29, 1.82) is 0 Å². The van der Waals surface area contributed by atoms with E-state index in [-0.39, 0.29) is 0 Å². The Morgan fingerprint density at radius 3 is 1.81 bits per heavy atom. The van der Waals surface area contributed by atoms with Gasteiger partial charge in [0.25, 0.3) is 0 Å². The van der Waals surface area contributed by atoms with Gasteiger partial charge in [0.2, 0.25) is 0 Å². The Labute approximate surface area is 89.9 Å². The zero-order valence-electron chi connectivity index (χ0n) is 7.55. The lowest BCUT2D eigenvalue weighted by Crippen LogP contribution is -2.18. The van der Waals surface area contributed by atoms with Crippen LogP contribution in [0.3, 0.4) is 0 Å². The van der Waals surface area contributed by atoms with Crippen molar-refractivity contribution in [2.75, 3.05) is 0 Å². The van der Waals surface area contributed by atoms with Crippen molar-refractivity contribution in [3.8, 4) is 11.5 Å². The Balaban J connectivity index is 3.01. The average Bonchev–Trinajstić information content (AvgIpc) is 2.03. The molecule has 0 atom stereocenters. The molecule has 0 bridgehead atoms. The quantitative estimate of drug-likeness (QED) is 0.687. The standard InChI is InChI=1S/C6H8O8P2/c7-15(8,9)13-5-3-1-2-4-6(5)14-16(10,11)12/h1-4H,(H2,7,8,9)(H2,10,11,12)/p-2. The number of phosphoric acid groups is 2. The van der Waals surface area contributed by atoms with Gasteiger partial charge in [0.1, 0.15) is 7.82 Å². The van der Waals surface area contributed by atoms with E-state index in [9.17, 15) is 18.9 Å². The summed E-state index contributed by atoms with van der Waals surface area (Å²) in [6.07, 6.45) is 0. The molecule has 0 saturated heterocycles. The third-order valence-corrected chi connectivity index (χ3v) is 2.13. The van der Waals surface area contributed by atoms with Gasteiger partial charge in [0.15, 0.2) is 11.5 Å². The van der Waals surface area contributed by atoms with E-state index in [0.717, 1.165) is 12.1 Å². The van der Waals surface area contributed by atoms with Crippen LogP contribution in [0.5, 0.6) is 11.5 Å². The van der Waals surface area contributed by atoms with Gasteiger partial charge in [-0.15, -0.1) is 0 Å². The van der Waals surface area contributed by atoms with Crippen molar-refractivity contribution in [2.24, 2.45) is 0 Å². The minimum absolute atomic E-state index is 0.539. The minimum Gasteiger partial charge on any atom is -0.780 e. The van der Waals surface area contributed by atoms with Gasteiger partial charge < -0.3 is 23.4 Å². The summed E-state index contributed by atoms with van der Waals surface area (Å²) >= 11 is 0. The maximum Gasteiger partial charge on any atom is 0.524 e. The summed E-state index contributed by atoms with van der Waals surface area (Å²) in [5, 5.41) is 0. The molecule has 2 N–H and O–H groups in total. The second-order valence-corrected chi connectivity index (χ2v) is 4.81. The number of hydrogen-bond donors (Lipinski definition) is 2. The molecule has 1 aromatic carbocycles. The number of rotatable bonds is 4. The summed E-state index contributed by atoms with van der Waals surface area (Å²) in [4.78, 5) is 37.6. The van der Waals surface area contributed by atoms with Gasteiger partial charge in [0, 0.05) is 0 Å². The largest absolute Gasteiger partial charge is 0.780 e. The first-order chi connectivity index (χ1) is 7.17. The van der Waals surface area contributed by atoms with E-state index < -0.39 is 27.1 Å². The van der Waals surface area contributed by atoms with Gasteiger partial charge in [-0.2, -0.15) is 0 Å². The van der Waals surface area contributed by atoms with E-state index in [1.165, 1.54) is 12.1 Å². The fourth-order valence-electron chi connectivity index (χ4n) is 0.850. The van der Waals surface area contributed by atoms with Crippen LogP contribution in [-0.2, 0) is 9.13 Å². The predicted octanol–water partition coefficient (Wildman–Crippen LogP) is -0.634. The highest BCUT2D eigenvalue weighted by Gasteiger charge is 2.19. The Morgan fingerprint density at radius 1 is 1.00 bits per heavy atom. The van der Waals surface area contributed by atoms with Crippen LogP contribution in [0.1, 0.15) is 0 Å². The molecule has 0 aromatic heterocycles. The normalized spacial score (nSPS) is 12.2. The van der Waals surface area contributed by atoms with Crippen LogP contribution in [0, 0.1) is 0 Å². The summed E-state index contributed by atoms with van der Waals surface area (Å²) in [5.41, 5.74) is 0. The molecule has 0 saturated carbocycles. The molecular formula is C6H6O8P2-2. The van der Waals surface area contributed by atoms with Gasteiger partial charge in [-0.05, 0) is 12.1 Å². The van der Waals surface area contributed by atoms with E-state index in [0.29, 0.717) is 0 Å². The van der Waals surface area contributed by atoms with E-state index in [2.05, 4.69) is 9.05 Å². The molecule has 1 rings (SSSR count). The Morgan fingerprint density at radius 2 is 1.44 bits per heavy atom. The third kappa shape index (κ3) is 4.76. The molecule has 0 aliphatic carbocycles. The third-order valence-electron chi connectivity index (χ3n) is 1.28. The average molecular weight is 268 g/mol. The van der Waals surface area contributed by atoms with E-state index in [4.69, 9.17) is 9.79 Å². The topological polar surface area (TPSA) is 139 Å². The van der Waals surface area contributed by atoms with Crippen LogP contribution in [0.15, 0.2) is 24.3 Å². The van der Waals surface area contributed by atoms with Crippen LogP contribution in [0.25, 0.3) is 0 Å². The lowest BCUT2D eigenvalue weighted by atomic mass is 10.3. The van der Waals surface area contributed by atoms with Crippen LogP contribution in [-0.4, -0.2) is 9.79 Å². The van der Waals surface area contributed by atoms with Crippen molar-refractivity contribution in [1.82, 2.24) is 0 Å². The maximum absolute atomic E-state index is 10.5. The van der Waals surface area contributed by atoms with Crippen LogP contribution in [0.4, 0.5) is 0 Å². The molecule has 0 heterocycles. The predicted molar refractivity (Wildman–Crippen MR) is 47.3 cm³/mol. The van der Waals surface area contributed by atoms with E-state index >= 15 is 0 Å². The van der Waals surface area contributed by atoms with E-state index in [1.54, 1.807) is 0 Å². The van der Waals surface area contributed by atoms with Crippen molar-refractivity contribution in [2.45, 2.75) is 0 Å². The van der Waals surface area contributed by atoms with Crippen molar-refractivity contribution in [3.63, 3.8) is 0 Å². The second-order valence-electron chi connectivity index (χ2n) is 2.57. The van der Waals surface area contributed by atoms with Gasteiger partial charge in [-0.25, -0.2) is 4.57 Å². The molecule has 0 amide bonds. The number of phosphoric ester groups is 2. The number of benzene rings is 1. The SMILES string of the molecule is O=P([O-])([O-])Oc1ccccc1OP(=O)(O)O. The Hall–Kier alpha value is -0.880. The second kappa shape index (κ2) is 4.55. The lowest BCUT2D eigenvalue weighted by molar-refractivity contribution is -0.333. The molecule has 16 heavy (non-hydrogen) atoms. The number of hydrogen-bond acceptors (Lipinski definition) is 6. The zero-order chi connectivity index (χ0) is 12.4. The molecule has 0 spiro atoms. The first kappa shape index (κ1) is 13.2. The van der Waals surface area contributed by atoms with Crippen molar-refractivity contribution in [3.05, 3.63) is 24.3 Å². The summed E-state index contributed by atoms with van der Waals surface area (Å²) in [6, 6.07) is 4.69. The summed E-state index contributed by atoms with van der Waals surface area (Å²) in [5.74, 6) is -1.12. The van der Waals surface area contributed by atoms with Crippen LogP contribution in [0.2, 0.25) is 0 Å².